The summed E-state index contributed by atoms with van der Waals surface area (Å²) in [4.78, 5) is 0. The molecule has 0 spiro atoms. The van der Waals surface area contributed by atoms with Crippen molar-refractivity contribution < 1.29 is 4.74 Å². The standard InChI is InChI=1S/C13H26OS/c1-9-8-11(13(3,4)5)14-12(10(9)2)15(6)7/h9,11-12,15H,2,8H2,1,3-7H3/t9-,11-,12-/m1/s1. The minimum atomic E-state index is -0.0801. The average molecular weight is 230 g/mol. The maximum atomic E-state index is 6.22. The zero-order valence-electron chi connectivity index (χ0n) is 11.0. The van der Waals surface area contributed by atoms with E-state index in [9.17, 15) is 0 Å². The first kappa shape index (κ1) is 13.1. The predicted molar refractivity (Wildman–Crippen MR) is 71.9 cm³/mol. The number of thiol groups is 1. The van der Waals surface area contributed by atoms with E-state index in [1.54, 1.807) is 0 Å². The highest BCUT2D eigenvalue weighted by molar-refractivity contribution is 8.16. The molecular formula is C13H26OS. The van der Waals surface area contributed by atoms with Crippen LogP contribution in [0.15, 0.2) is 12.2 Å². The summed E-state index contributed by atoms with van der Waals surface area (Å²) in [5, 5.41) is 0. The van der Waals surface area contributed by atoms with Gasteiger partial charge in [0.25, 0.3) is 0 Å². The molecule has 15 heavy (non-hydrogen) atoms. The van der Waals surface area contributed by atoms with Crippen LogP contribution in [-0.4, -0.2) is 24.1 Å². The summed E-state index contributed by atoms with van der Waals surface area (Å²) in [5.41, 5.74) is 1.87. The van der Waals surface area contributed by atoms with Gasteiger partial charge in [-0.15, -0.1) is 0 Å². The van der Waals surface area contributed by atoms with Gasteiger partial charge in [-0.3, -0.25) is 0 Å². The molecule has 1 aliphatic heterocycles. The van der Waals surface area contributed by atoms with Crippen molar-refractivity contribution in [3.8, 4) is 0 Å². The highest BCUT2D eigenvalue weighted by Gasteiger charge is 2.37. The van der Waals surface area contributed by atoms with E-state index in [-0.39, 0.29) is 16.3 Å². The van der Waals surface area contributed by atoms with Gasteiger partial charge in [-0.05, 0) is 35.8 Å². The normalized spacial score (nSPS) is 34.1. The van der Waals surface area contributed by atoms with Gasteiger partial charge in [-0.25, -0.2) is 10.9 Å². The first-order valence-corrected chi connectivity index (χ1v) is 8.04. The molecule has 0 aliphatic carbocycles. The SMILES string of the molecule is C=C1[C@H](C)C[C@H](C(C)(C)C)O[C@@H]1[SH](C)C. The van der Waals surface area contributed by atoms with E-state index in [1.165, 1.54) is 5.57 Å². The molecule has 0 saturated carbocycles. The van der Waals surface area contributed by atoms with Crippen LogP contribution in [0.3, 0.4) is 0 Å². The van der Waals surface area contributed by atoms with E-state index < -0.39 is 0 Å². The minimum Gasteiger partial charge on any atom is -0.361 e. The lowest BCUT2D eigenvalue weighted by Crippen LogP contribution is -2.40. The van der Waals surface area contributed by atoms with Crippen molar-refractivity contribution in [3.63, 3.8) is 0 Å². The van der Waals surface area contributed by atoms with Gasteiger partial charge in [0.2, 0.25) is 0 Å². The lowest BCUT2D eigenvalue weighted by Gasteiger charge is -2.44. The predicted octanol–water partition coefficient (Wildman–Crippen LogP) is 3.60. The summed E-state index contributed by atoms with van der Waals surface area (Å²) in [6, 6.07) is 0. The maximum Gasteiger partial charge on any atom is 0.107 e. The van der Waals surface area contributed by atoms with Gasteiger partial charge in [0.1, 0.15) is 5.44 Å². The van der Waals surface area contributed by atoms with Crippen LogP contribution in [0.1, 0.15) is 34.1 Å². The smallest absolute Gasteiger partial charge is 0.107 e. The average Bonchev–Trinajstić information content (AvgIpc) is 2.06. The molecule has 0 aromatic heterocycles. The van der Waals surface area contributed by atoms with E-state index >= 15 is 0 Å². The molecule has 0 aromatic rings. The molecule has 0 bridgehead atoms. The summed E-state index contributed by atoms with van der Waals surface area (Å²) in [5.74, 6) is 0.609. The van der Waals surface area contributed by atoms with E-state index in [0.29, 0.717) is 17.5 Å². The fourth-order valence-corrected chi connectivity index (χ4v) is 3.33. The lowest BCUT2D eigenvalue weighted by molar-refractivity contribution is -0.0539. The van der Waals surface area contributed by atoms with Crippen LogP contribution in [0.2, 0.25) is 0 Å². The molecule has 0 unspecified atom stereocenters. The molecule has 0 amide bonds. The summed E-state index contributed by atoms with van der Waals surface area (Å²) >= 11 is 0. The first-order chi connectivity index (χ1) is 6.73. The molecule has 0 aromatic carbocycles. The summed E-state index contributed by atoms with van der Waals surface area (Å²) in [6.45, 7) is 13.3. The zero-order chi connectivity index (χ0) is 11.8. The molecule has 1 heterocycles. The van der Waals surface area contributed by atoms with Crippen LogP contribution in [0.5, 0.6) is 0 Å². The van der Waals surface area contributed by atoms with Gasteiger partial charge in [-0.1, -0.05) is 34.3 Å². The summed E-state index contributed by atoms with van der Waals surface area (Å²) in [7, 11) is -0.0801. The van der Waals surface area contributed by atoms with Crippen LogP contribution < -0.4 is 0 Å². The molecule has 1 nitrogen and oxygen atoms in total. The Hall–Kier alpha value is 0.0500. The van der Waals surface area contributed by atoms with Gasteiger partial charge in [0, 0.05) is 0 Å². The van der Waals surface area contributed by atoms with Crippen molar-refractivity contribution in [2.75, 3.05) is 12.5 Å². The van der Waals surface area contributed by atoms with E-state index in [0.717, 1.165) is 6.42 Å². The van der Waals surface area contributed by atoms with E-state index in [1.807, 2.05) is 0 Å². The maximum absolute atomic E-state index is 6.22. The molecule has 1 rings (SSSR count). The molecule has 1 saturated heterocycles. The van der Waals surface area contributed by atoms with Crippen LogP contribution >= 0.6 is 10.9 Å². The highest BCUT2D eigenvalue weighted by atomic mass is 32.2. The summed E-state index contributed by atoms with van der Waals surface area (Å²) in [6.07, 6.45) is 6.07. The van der Waals surface area contributed by atoms with Crippen molar-refractivity contribution >= 4 is 10.9 Å². The molecule has 3 atom stereocenters. The zero-order valence-corrected chi connectivity index (χ0v) is 11.9. The van der Waals surface area contributed by atoms with Crippen LogP contribution in [0, 0.1) is 11.3 Å². The summed E-state index contributed by atoms with van der Waals surface area (Å²) < 4.78 is 6.22. The van der Waals surface area contributed by atoms with Gasteiger partial charge < -0.3 is 4.74 Å². The van der Waals surface area contributed by atoms with E-state index in [2.05, 4.69) is 46.8 Å². The van der Waals surface area contributed by atoms with Gasteiger partial charge >= 0.3 is 0 Å². The Labute approximate surface area is 97.6 Å². The molecule has 90 valence electrons. The van der Waals surface area contributed by atoms with Crippen molar-refractivity contribution in [3.05, 3.63) is 12.2 Å². The van der Waals surface area contributed by atoms with Gasteiger partial charge in [-0.2, -0.15) is 0 Å². The number of rotatable bonds is 1. The Kier molecular flexibility index (Phi) is 3.94. The fourth-order valence-electron chi connectivity index (χ4n) is 2.03. The molecule has 0 N–H and O–H groups in total. The monoisotopic (exact) mass is 230 g/mol. The second kappa shape index (κ2) is 4.50. The largest absolute Gasteiger partial charge is 0.361 e. The Balaban J connectivity index is 2.80. The van der Waals surface area contributed by atoms with Gasteiger partial charge in [0.05, 0.1) is 6.10 Å². The Morgan fingerprint density at radius 2 is 1.87 bits per heavy atom. The Morgan fingerprint density at radius 1 is 1.33 bits per heavy atom. The number of hydrogen-bond acceptors (Lipinski definition) is 1. The molecule has 0 radical (unpaired) electrons. The Morgan fingerprint density at radius 3 is 2.27 bits per heavy atom. The third kappa shape index (κ3) is 3.01. The van der Waals surface area contributed by atoms with Crippen molar-refractivity contribution in [2.45, 2.75) is 45.7 Å². The van der Waals surface area contributed by atoms with Crippen molar-refractivity contribution in [1.29, 1.82) is 0 Å². The Bertz CT molecular complexity index is 239. The minimum absolute atomic E-state index is 0.0801. The molecule has 1 aliphatic rings. The number of ether oxygens (including phenoxy) is 1. The lowest BCUT2D eigenvalue weighted by atomic mass is 9.80. The molecule has 2 heteroatoms. The first-order valence-electron chi connectivity index (χ1n) is 5.74. The second-order valence-corrected chi connectivity index (χ2v) is 8.41. The van der Waals surface area contributed by atoms with Gasteiger partial charge in [0.15, 0.2) is 0 Å². The van der Waals surface area contributed by atoms with Crippen LogP contribution in [-0.2, 0) is 4.74 Å². The van der Waals surface area contributed by atoms with Crippen molar-refractivity contribution in [2.24, 2.45) is 11.3 Å². The second-order valence-electron chi connectivity index (χ2n) is 6.02. The van der Waals surface area contributed by atoms with Crippen molar-refractivity contribution in [1.82, 2.24) is 0 Å². The third-order valence-corrected chi connectivity index (χ3v) is 4.64. The van der Waals surface area contributed by atoms with Crippen LogP contribution in [0.25, 0.3) is 0 Å². The van der Waals surface area contributed by atoms with E-state index in [4.69, 9.17) is 4.74 Å². The third-order valence-electron chi connectivity index (χ3n) is 3.25. The quantitative estimate of drug-likeness (QED) is 0.535. The fraction of sp³-hybridized carbons (Fsp3) is 0.846. The topological polar surface area (TPSA) is 9.23 Å². The van der Waals surface area contributed by atoms with Crippen LogP contribution in [0.4, 0.5) is 0 Å². The molecule has 1 fully saturated rings. The number of hydrogen-bond donors (Lipinski definition) is 1. The highest BCUT2D eigenvalue weighted by Crippen LogP contribution is 2.43. The molecular weight excluding hydrogens is 204 g/mol.